The minimum absolute atomic E-state index is 0.370. The molecule has 80 valence electrons. The van der Waals surface area contributed by atoms with Crippen LogP contribution in [0.25, 0.3) is 16.3 Å². The highest BCUT2D eigenvalue weighted by atomic mass is 35.5. The van der Waals surface area contributed by atoms with Crippen LogP contribution in [0.15, 0.2) is 29.8 Å². The number of aromatic nitrogens is 3. The van der Waals surface area contributed by atoms with Crippen molar-refractivity contribution in [2.45, 2.75) is 0 Å². The molecular formula is C10H5Cl2N3S. The summed E-state index contributed by atoms with van der Waals surface area (Å²) in [7, 11) is 0. The summed E-state index contributed by atoms with van der Waals surface area (Å²) < 4.78 is 1.78. The summed E-state index contributed by atoms with van der Waals surface area (Å²) in [4.78, 5) is 9.51. The minimum Gasteiger partial charge on any atom is -0.266 e. The lowest BCUT2D eigenvalue weighted by Crippen LogP contribution is -1.92. The van der Waals surface area contributed by atoms with Crippen LogP contribution < -0.4 is 0 Å². The average Bonchev–Trinajstić information content (AvgIpc) is 2.82. The summed E-state index contributed by atoms with van der Waals surface area (Å²) in [6.45, 7) is 0. The van der Waals surface area contributed by atoms with Gasteiger partial charge in [-0.1, -0.05) is 29.3 Å². The van der Waals surface area contributed by atoms with Gasteiger partial charge in [-0.05, 0) is 11.4 Å². The van der Waals surface area contributed by atoms with Crippen LogP contribution in [0.4, 0.5) is 0 Å². The zero-order valence-electron chi connectivity index (χ0n) is 7.89. The van der Waals surface area contributed by atoms with Crippen LogP contribution >= 0.6 is 34.5 Å². The Kier molecular flexibility index (Phi) is 2.35. The van der Waals surface area contributed by atoms with E-state index in [2.05, 4.69) is 9.97 Å². The Morgan fingerprint density at radius 3 is 2.94 bits per heavy atom. The molecule has 0 atom stereocenters. The molecule has 0 radical (unpaired) electrons. The number of nitrogens with zero attached hydrogens (tertiary/aromatic N) is 3. The topological polar surface area (TPSA) is 30.2 Å². The first-order chi connectivity index (χ1) is 7.75. The van der Waals surface area contributed by atoms with Crippen molar-refractivity contribution in [1.29, 1.82) is 0 Å². The predicted molar refractivity (Wildman–Crippen MR) is 66.3 cm³/mol. The summed E-state index contributed by atoms with van der Waals surface area (Å²) in [5, 5.41) is 2.87. The number of hydrogen-bond acceptors (Lipinski definition) is 3. The Balaban J connectivity index is 2.36. The van der Waals surface area contributed by atoms with E-state index < -0.39 is 0 Å². The Bertz CT molecular complexity index is 645. The summed E-state index contributed by atoms with van der Waals surface area (Å²) in [6, 6.07) is 5.57. The van der Waals surface area contributed by atoms with Gasteiger partial charge in [0.05, 0.1) is 11.1 Å². The molecule has 0 aliphatic heterocycles. The summed E-state index contributed by atoms with van der Waals surface area (Å²) >= 11 is 13.6. The van der Waals surface area contributed by atoms with Crippen molar-refractivity contribution in [2.24, 2.45) is 0 Å². The molecule has 16 heavy (non-hydrogen) atoms. The first-order valence-corrected chi connectivity index (χ1v) is 6.12. The number of thiophene rings is 1. The second kappa shape index (κ2) is 3.73. The van der Waals surface area contributed by atoms with E-state index >= 15 is 0 Å². The molecule has 0 N–H and O–H groups in total. The van der Waals surface area contributed by atoms with E-state index in [1.165, 1.54) is 0 Å². The molecule has 3 rings (SSSR count). The van der Waals surface area contributed by atoms with Gasteiger partial charge in [-0.25, -0.2) is 9.97 Å². The van der Waals surface area contributed by atoms with Gasteiger partial charge in [0, 0.05) is 6.07 Å². The Labute approximate surface area is 105 Å². The lowest BCUT2D eigenvalue weighted by Gasteiger charge is -2.01. The number of halogens is 2. The highest BCUT2D eigenvalue weighted by Gasteiger charge is 2.11. The van der Waals surface area contributed by atoms with Crippen LogP contribution in [0, 0.1) is 0 Å². The maximum atomic E-state index is 6.13. The maximum Gasteiger partial charge on any atom is 0.159 e. The fraction of sp³-hybridized carbons (Fsp3) is 0. The molecule has 3 aromatic rings. The molecule has 0 bridgehead atoms. The van der Waals surface area contributed by atoms with Crippen LogP contribution in [-0.2, 0) is 0 Å². The normalized spacial score (nSPS) is 11.1. The second-order valence-corrected chi connectivity index (χ2v) is 4.88. The summed E-state index contributed by atoms with van der Waals surface area (Å²) in [6.07, 6.45) is 1.66. The standard InChI is InChI=1S/C10H5Cl2N3S/c11-7-4-8(12)15-9(14-7)5-13-10(15)6-2-1-3-16-6/h1-5H. The zero-order chi connectivity index (χ0) is 11.1. The third kappa shape index (κ3) is 1.50. The van der Waals surface area contributed by atoms with E-state index in [-0.39, 0.29) is 0 Å². The van der Waals surface area contributed by atoms with Crippen LogP contribution in [0.3, 0.4) is 0 Å². The van der Waals surface area contributed by atoms with Crippen molar-refractivity contribution >= 4 is 40.2 Å². The first kappa shape index (κ1) is 10.1. The van der Waals surface area contributed by atoms with Gasteiger partial charge in [0.1, 0.15) is 10.3 Å². The molecule has 0 aromatic carbocycles. The van der Waals surface area contributed by atoms with Gasteiger partial charge >= 0.3 is 0 Å². The fourth-order valence-electron chi connectivity index (χ4n) is 1.52. The molecule has 0 spiro atoms. The Hall–Kier alpha value is -1.10. The van der Waals surface area contributed by atoms with Crippen LogP contribution in [-0.4, -0.2) is 14.4 Å². The van der Waals surface area contributed by atoms with Gasteiger partial charge in [-0.2, -0.15) is 0 Å². The summed E-state index contributed by atoms with van der Waals surface area (Å²) in [5.41, 5.74) is 0.654. The van der Waals surface area contributed by atoms with E-state index in [1.807, 2.05) is 17.5 Å². The average molecular weight is 270 g/mol. The van der Waals surface area contributed by atoms with Crippen molar-refractivity contribution in [3.63, 3.8) is 0 Å². The van der Waals surface area contributed by atoms with Gasteiger partial charge in [0.15, 0.2) is 11.5 Å². The maximum absolute atomic E-state index is 6.13. The quantitative estimate of drug-likeness (QED) is 0.630. The van der Waals surface area contributed by atoms with Crippen molar-refractivity contribution in [3.8, 4) is 10.7 Å². The van der Waals surface area contributed by atoms with Crippen molar-refractivity contribution in [3.05, 3.63) is 40.1 Å². The van der Waals surface area contributed by atoms with E-state index in [0.29, 0.717) is 16.0 Å². The van der Waals surface area contributed by atoms with Crippen LogP contribution in [0.5, 0.6) is 0 Å². The number of rotatable bonds is 1. The third-order valence-corrected chi connectivity index (χ3v) is 3.50. The van der Waals surface area contributed by atoms with E-state index in [1.54, 1.807) is 28.0 Å². The molecular weight excluding hydrogens is 265 g/mol. The predicted octanol–water partition coefficient (Wildman–Crippen LogP) is 3.76. The van der Waals surface area contributed by atoms with Crippen LogP contribution in [0.2, 0.25) is 10.3 Å². The van der Waals surface area contributed by atoms with Gasteiger partial charge < -0.3 is 0 Å². The van der Waals surface area contributed by atoms with Crippen molar-refractivity contribution in [2.75, 3.05) is 0 Å². The third-order valence-electron chi connectivity index (χ3n) is 2.16. The van der Waals surface area contributed by atoms with Crippen molar-refractivity contribution in [1.82, 2.24) is 14.4 Å². The molecule has 0 aliphatic rings. The number of imidazole rings is 1. The Morgan fingerprint density at radius 2 is 2.19 bits per heavy atom. The fourth-order valence-corrected chi connectivity index (χ4v) is 2.74. The smallest absolute Gasteiger partial charge is 0.159 e. The number of hydrogen-bond donors (Lipinski definition) is 0. The lowest BCUT2D eigenvalue weighted by atomic mass is 10.4. The Morgan fingerprint density at radius 1 is 1.31 bits per heavy atom. The van der Waals surface area contributed by atoms with Gasteiger partial charge in [-0.15, -0.1) is 11.3 Å². The van der Waals surface area contributed by atoms with Crippen LogP contribution in [0.1, 0.15) is 0 Å². The molecule has 6 heteroatoms. The largest absolute Gasteiger partial charge is 0.266 e. The molecule has 3 heterocycles. The molecule has 0 saturated carbocycles. The minimum atomic E-state index is 0.370. The highest BCUT2D eigenvalue weighted by molar-refractivity contribution is 7.13. The lowest BCUT2D eigenvalue weighted by molar-refractivity contribution is 1.12. The van der Waals surface area contributed by atoms with E-state index in [4.69, 9.17) is 23.2 Å². The summed E-state index contributed by atoms with van der Waals surface area (Å²) in [5.74, 6) is 0.791. The van der Waals surface area contributed by atoms with Crippen molar-refractivity contribution < 1.29 is 0 Å². The monoisotopic (exact) mass is 269 g/mol. The number of fused-ring (bicyclic) bond motifs is 1. The molecule has 0 unspecified atom stereocenters. The van der Waals surface area contributed by atoms with Gasteiger partial charge in [0.2, 0.25) is 0 Å². The highest BCUT2D eigenvalue weighted by Crippen LogP contribution is 2.27. The zero-order valence-corrected chi connectivity index (χ0v) is 10.2. The van der Waals surface area contributed by atoms with Gasteiger partial charge in [-0.3, -0.25) is 4.40 Å². The molecule has 3 aromatic heterocycles. The van der Waals surface area contributed by atoms with E-state index in [9.17, 15) is 0 Å². The SMILES string of the molecule is Clc1cc(Cl)n2c(-c3cccs3)ncc2n1. The molecule has 0 aliphatic carbocycles. The van der Waals surface area contributed by atoms with E-state index in [0.717, 1.165) is 10.7 Å². The molecule has 0 amide bonds. The molecule has 0 saturated heterocycles. The van der Waals surface area contributed by atoms with Gasteiger partial charge in [0.25, 0.3) is 0 Å². The molecule has 0 fully saturated rings. The molecule has 3 nitrogen and oxygen atoms in total. The first-order valence-electron chi connectivity index (χ1n) is 4.49. The second-order valence-electron chi connectivity index (χ2n) is 3.15.